The smallest absolute Gasteiger partial charge is 0.263 e. The molecule has 2 aromatic carbocycles. The number of rotatable bonds is 4. The number of carbonyl (C=O) groups excluding carboxylic acids is 1. The maximum absolute atomic E-state index is 12.6. The van der Waals surface area contributed by atoms with Gasteiger partial charge in [-0.3, -0.25) is 4.79 Å². The molecule has 136 valence electrons. The lowest BCUT2D eigenvalue weighted by Crippen LogP contribution is -2.22. The maximum atomic E-state index is 12.6. The summed E-state index contributed by atoms with van der Waals surface area (Å²) < 4.78 is 1.04. The van der Waals surface area contributed by atoms with Crippen molar-refractivity contribution in [3.05, 3.63) is 73.9 Å². The highest BCUT2D eigenvalue weighted by atomic mass is 35.5. The first kappa shape index (κ1) is 18.2. The zero-order valence-corrected chi connectivity index (χ0v) is 17.3. The highest BCUT2D eigenvalue weighted by Gasteiger charge is 2.17. The molecule has 27 heavy (non-hydrogen) atoms. The Kier molecular flexibility index (Phi) is 5.00. The van der Waals surface area contributed by atoms with Crippen molar-refractivity contribution in [1.29, 1.82) is 0 Å². The minimum absolute atomic E-state index is 0.141. The molecule has 1 N–H and O–H groups in total. The third kappa shape index (κ3) is 3.76. The van der Waals surface area contributed by atoms with E-state index in [0.717, 1.165) is 37.5 Å². The van der Waals surface area contributed by atoms with Gasteiger partial charge in [-0.25, -0.2) is 4.98 Å². The van der Waals surface area contributed by atoms with Crippen molar-refractivity contribution in [2.24, 2.45) is 0 Å². The van der Waals surface area contributed by atoms with Crippen molar-refractivity contribution in [3.8, 4) is 11.3 Å². The van der Waals surface area contributed by atoms with Crippen molar-refractivity contribution >= 4 is 50.3 Å². The minimum atomic E-state index is -0.141. The molecule has 0 fully saturated rings. The van der Waals surface area contributed by atoms with Gasteiger partial charge in [0.2, 0.25) is 0 Å². The number of hydrogen-bond acceptors (Lipinski definition) is 4. The van der Waals surface area contributed by atoms with Gasteiger partial charge in [0.1, 0.15) is 4.88 Å². The van der Waals surface area contributed by atoms with E-state index in [1.807, 2.05) is 50.2 Å². The Morgan fingerprint density at radius 2 is 1.93 bits per heavy atom. The van der Waals surface area contributed by atoms with E-state index in [2.05, 4.69) is 21.7 Å². The Balaban J connectivity index is 1.47. The molecular formula is C21H17ClN2OS2. The second-order valence-corrected chi connectivity index (χ2v) is 8.87. The lowest BCUT2D eigenvalue weighted by molar-refractivity contribution is 0.0955. The first-order chi connectivity index (χ1) is 13.0. The number of thiophene rings is 1. The van der Waals surface area contributed by atoms with Crippen LogP contribution in [0.3, 0.4) is 0 Å². The Morgan fingerprint density at radius 1 is 1.15 bits per heavy atom. The molecule has 2 heterocycles. The van der Waals surface area contributed by atoms with E-state index >= 15 is 0 Å². The largest absolute Gasteiger partial charge is 0.347 e. The van der Waals surface area contributed by atoms with Gasteiger partial charge in [0.05, 0.1) is 15.7 Å². The molecular weight excluding hydrogens is 396 g/mol. The molecule has 0 radical (unpaired) electrons. The molecule has 0 unspecified atom stereocenters. The lowest BCUT2D eigenvalue weighted by Gasteiger charge is -2.05. The average molecular weight is 413 g/mol. The summed E-state index contributed by atoms with van der Waals surface area (Å²) in [5, 5.41) is 7.53. The van der Waals surface area contributed by atoms with Crippen LogP contribution in [0.1, 0.15) is 25.8 Å². The number of aryl methyl sites for hydroxylation is 2. The standard InChI is InChI=1S/C21H17ClN2OS2/c1-12-3-8-16-18(9-12)27-20(19(16)22)21(25)23-10-14-4-6-15(7-5-14)17-11-26-13(2)24-17/h3-9,11H,10H2,1-2H3,(H,23,25). The molecule has 0 aliphatic carbocycles. The van der Waals surface area contributed by atoms with E-state index in [-0.39, 0.29) is 5.91 Å². The first-order valence-electron chi connectivity index (χ1n) is 8.49. The molecule has 0 aliphatic rings. The third-order valence-electron chi connectivity index (χ3n) is 4.31. The van der Waals surface area contributed by atoms with Gasteiger partial charge in [-0.1, -0.05) is 48.0 Å². The molecule has 1 amide bonds. The molecule has 0 aliphatic heterocycles. The second kappa shape index (κ2) is 7.43. The van der Waals surface area contributed by atoms with Crippen LogP contribution in [0, 0.1) is 13.8 Å². The van der Waals surface area contributed by atoms with Crippen molar-refractivity contribution in [3.63, 3.8) is 0 Å². The van der Waals surface area contributed by atoms with Gasteiger partial charge in [-0.2, -0.15) is 0 Å². The number of carbonyl (C=O) groups is 1. The summed E-state index contributed by atoms with van der Waals surface area (Å²) in [6.07, 6.45) is 0. The average Bonchev–Trinajstić information content (AvgIpc) is 3.23. The van der Waals surface area contributed by atoms with Gasteiger partial charge in [0.15, 0.2) is 0 Å². The number of halogens is 1. The van der Waals surface area contributed by atoms with E-state index < -0.39 is 0 Å². The Labute approximate surface area is 170 Å². The van der Waals surface area contributed by atoms with Crippen molar-refractivity contribution in [2.75, 3.05) is 0 Å². The second-order valence-electron chi connectivity index (χ2n) is 6.38. The van der Waals surface area contributed by atoms with Crippen molar-refractivity contribution in [1.82, 2.24) is 10.3 Å². The lowest BCUT2D eigenvalue weighted by atomic mass is 10.1. The van der Waals surface area contributed by atoms with E-state index in [0.29, 0.717) is 16.4 Å². The highest BCUT2D eigenvalue weighted by molar-refractivity contribution is 7.21. The summed E-state index contributed by atoms with van der Waals surface area (Å²) in [7, 11) is 0. The van der Waals surface area contributed by atoms with Crippen molar-refractivity contribution < 1.29 is 4.79 Å². The van der Waals surface area contributed by atoms with Crippen LogP contribution >= 0.6 is 34.3 Å². The molecule has 4 rings (SSSR count). The number of nitrogens with one attached hydrogen (secondary N) is 1. The van der Waals surface area contributed by atoms with E-state index in [9.17, 15) is 4.79 Å². The van der Waals surface area contributed by atoms with Gasteiger partial charge in [-0.15, -0.1) is 22.7 Å². The summed E-state index contributed by atoms with van der Waals surface area (Å²) >= 11 is 9.49. The summed E-state index contributed by atoms with van der Waals surface area (Å²) in [6, 6.07) is 14.1. The van der Waals surface area contributed by atoms with Gasteiger partial charge in [-0.05, 0) is 31.0 Å². The van der Waals surface area contributed by atoms with Crippen LogP contribution in [-0.4, -0.2) is 10.9 Å². The van der Waals surface area contributed by atoms with Gasteiger partial charge < -0.3 is 5.32 Å². The van der Waals surface area contributed by atoms with Crippen molar-refractivity contribution in [2.45, 2.75) is 20.4 Å². The molecule has 0 bridgehead atoms. The summed E-state index contributed by atoms with van der Waals surface area (Å²) in [6.45, 7) is 4.49. The minimum Gasteiger partial charge on any atom is -0.347 e. The van der Waals surface area contributed by atoms with Crippen LogP contribution in [0.25, 0.3) is 21.3 Å². The van der Waals surface area contributed by atoms with Crippen LogP contribution < -0.4 is 5.32 Å². The van der Waals surface area contributed by atoms with Crippen LogP contribution in [0.4, 0.5) is 0 Å². The highest BCUT2D eigenvalue weighted by Crippen LogP contribution is 2.35. The summed E-state index contributed by atoms with van der Waals surface area (Å²) in [5.74, 6) is -0.141. The van der Waals surface area contributed by atoms with E-state index in [1.165, 1.54) is 11.3 Å². The molecule has 0 spiro atoms. The fourth-order valence-electron chi connectivity index (χ4n) is 2.87. The number of aromatic nitrogens is 1. The molecule has 0 saturated carbocycles. The summed E-state index contributed by atoms with van der Waals surface area (Å²) in [5.41, 5.74) is 4.26. The normalized spacial score (nSPS) is 11.1. The van der Waals surface area contributed by atoms with E-state index in [4.69, 9.17) is 11.6 Å². The first-order valence-corrected chi connectivity index (χ1v) is 10.6. The van der Waals surface area contributed by atoms with Crippen LogP contribution in [0.2, 0.25) is 5.02 Å². The van der Waals surface area contributed by atoms with Crippen LogP contribution in [0.5, 0.6) is 0 Å². The SMILES string of the molecule is Cc1ccc2c(Cl)c(C(=O)NCc3ccc(-c4csc(C)n4)cc3)sc2c1. The predicted molar refractivity (Wildman–Crippen MR) is 115 cm³/mol. The Bertz CT molecular complexity index is 1130. The van der Waals surface area contributed by atoms with Crippen LogP contribution in [-0.2, 0) is 6.54 Å². The molecule has 2 aromatic heterocycles. The fourth-order valence-corrected chi connectivity index (χ4v) is 5.02. The number of thiazole rings is 1. The number of nitrogens with zero attached hydrogens (tertiary/aromatic N) is 1. The quantitative estimate of drug-likeness (QED) is 0.432. The Hall–Kier alpha value is -2.21. The predicted octanol–water partition coefficient (Wildman–Crippen LogP) is 6.23. The molecule has 0 atom stereocenters. The zero-order valence-electron chi connectivity index (χ0n) is 14.9. The number of amides is 1. The topological polar surface area (TPSA) is 42.0 Å². The fraction of sp³-hybridized carbons (Fsp3) is 0.143. The molecule has 4 aromatic rings. The summed E-state index contributed by atoms with van der Waals surface area (Å²) in [4.78, 5) is 17.6. The third-order valence-corrected chi connectivity index (χ3v) is 6.74. The maximum Gasteiger partial charge on any atom is 0.263 e. The van der Waals surface area contributed by atoms with Gasteiger partial charge in [0.25, 0.3) is 5.91 Å². The van der Waals surface area contributed by atoms with Gasteiger partial charge >= 0.3 is 0 Å². The molecule has 3 nitrogen and oxygen atoms in total. The monoisotopic (exact) mass is 412 g/mol. The number of benzene rings is 2. The van der Waals surface area contributed by atoms with Crippen LogP contribution in [0.15, 0.2) is 47.8 Å². The molecule has 6 heteroatoms. The number of fused-ring (bicyclic) bond motifs is 1. The van der Waals surface area contributed by atoms with Gasteiger partial charge in [0, 0.05) is 27.6 Å². The zero-order chi connectivity index (χ0) is 19.0. The Morgan fingerprint density at radius 3 is 2.63 bits per heavy atom. The number of hydrogen-bond donors (Lipinski definition) is 1. The molecule has 0 saturated heterocycles. The van der Waals surface area contributed by atoms with E-state index in [1.54, 1.807) is 11.3 Å².